The zero-order valence-electron chi connectivity index (χ0n) is 12.3. The Bertz CT molecular complexity index is 681. The van der Waals surface area contributed by atoms with Crippen molar-refractivity contribution in [2.24, 2.45) is 0 Å². The van der Waals surface area contributed by atoms with Crippen molar-refractivity contribution >= 4 is 22.9 Å². The molecule has 0 saturated heterocycles. The lowest BCUT2D eigenvalue weighted by Gasteiger charge is -2.34. The Morgan fingerprint density at radius 1 is 1.38 bits per heavy atom. The molecule has 4 heteroatoms. The van der Waals surface area contributed by atoms with Crippen molar-refractivity contribution in [3.05, 3.63) is 36.5 Å². The summed E-state index contributed by atoms with van der Waals surface area (Å²) >= 11 is 0. The van der Waals surface area contributed by atoms with Crippen LogP contribution in [0.3, 0.4) is 0 Å². The van der Waals surface area contributed by atoms with Crippen LogP contribution < -0.4 is 0 Å². The number of hydrogen-bond donors (Lipinski definition) is 0. The van der Waals surface area contributed by atoms with E-state index >= 15 is 0 Å². The Balaban J connectivity index is 2.10. The van der Waals surface area contributed by atoms with E-state index in [2.05, 4.69) is 11.7 Å². The normalized spacial score (nSPS) is 17.6. The number of methoxy groups -OCH3 is 1. The molecule has 1 aliphatic rings. The third-order valence-electron chi connectivity index (χ3n) is 4.45. The number of fused-ring (bicyclic) bond motifs is 1. The summed E-state index contributed by atoms with van der Waals surface area (Å²) < 4.78 is 6.90. The van der Waals surface area contributed by atoms with Gasteiger partial charge in [0.2, 0.25) is 0 Å². The van der Waals surface area contributed by atoms with Gasteiger partial charge in [-0.15, -0.1) is 0 Å². The molecule has 1 heterocycles. The molecule has 0 radical (unpaired) electrons. The number of hydrogen-bond acceptors (Lipinski definition) is 3. The maximum Gasteiger partial charge on any atom is 0.333 e. The maximum absolute atomic E-state index is 12.4. The average molecular weight is 284 g/mol. The average Bonchev–Trinajstić information content (AvgIpc) is 2.98. The first kappa shape index (κ1) is 13.9. The van der Waals surface area contributed by atoms with Gasteiger partial charge in [-0.1, -0.05) is 44.1 Å². The van der Waals surface area contributed by atoms with Gasteiger partial charge in [0.25, 0.3) is 0 Å². The second-order valence-corrected chi connectivity index (χ2v) is 5.68. The summed E-state index contributed by atoms with van der Waals surface area (Å²) in [5.74, 6) is -0.182. The number of rotatable bonds is 3. The standard InChI is InChI=1S/C17H20N2O2/c1-3-13-7-8-14-12-19(18-15(14)11-13)17(16(20)21-2)9-5-4-6-10-17/h3,7-8,11-12H,1,4-6,9-10H2,2H3. The SMILES string of the molecule is C=Cc1ccc2cn(C3(C(=O)OC)CCCCC3)nc2c1. The lowest BCUT2D eigenvalue weighted by molar-refractivity contribution is -0.154. The molecule has 0 unspecified atom stereocenters. The second-order valence-electron chi connectivity index (χ2n) is 5.68. The lowest BCUT2D eigenvalue weighted by Crippen LogP contribution is -2.44. The molecule has 1 fully saturated rings. The van der Waals surface area contributed by atoms with Crippen LogP contribution in [0.25, 0.3) is 17.0 Å². The Morgan fingerprint density at radius 3 is 2.81 bits per heavy atom. The van der Waals surface area contributed by atoms with Crippen molar-refractivity contribution in [2.45, 2.75) is 37.6 Å². The highest BCUT2D eigenvalue weighted by Gasteiger charge is 2.43. The third-order valence-corrected chi connectivity index (χ3v) is 4.45. The molecule has 0 spiro atoms. The molecule has 0 atom stereocenters. The van der Waals surface area contributed by atoms with Crippen LogP contribution in [-0.4, -0.2) is 22.9 Å². The fourth-order valence-electron chi connectivity index (χ4n) is 3.23. The molecule has 0 aliphatic heterocycles. The van der Waals surface area contributed by atoms with E-state index in [0.29, 0.717) is 0 Å². The van der Waals surface area contributed by atoms with E-state index in [1.165, 1.54) is 13.5 Å². The van der Waals surface area contributed by atoms with Gasteiger partial charge in [0.15, 0.2) is 5.54 Å². The van der Waals surface area contributed by atoms with Crippen LogP contribution in [0.5, 0.6) is 0 Å². The van der Waals surface area contributed by atoms with Crippen LogP contribution in [-0.2, 0) is 15.1 Å². The molecule has 21 heavy (non-hydrogen) atoms. The van der Waals surface area contributed by atoms with Crippen LogP contribution >= 0.6 is 0 Å². The van der Waals surface area contributed by atoms with Gasteiger partial charge < -0.3 is 4.74 Å². The van der Waals surface area contributed by atoms with Crippen LogP contribution in [0.15, 0.2) is 31.0 Å². The van der Waals surface area contributed by atoms with E-state index in [1.54, 1.807) is 6.08 Å². The number of aromatic nitrogens is 2. The number of ether oxygens (including phenoxy) is 1. The molecular formula is C17H20N2O2. The van der Waals surface area contributed by atoms with Crippen LogP contribution in [0.1, 0.15) is 37.7 Å². The number of carbonyl (C=O) groups is 1. The Kier molecular flexibility index (Phi) is 3.53. The molecule has 2 aromatic rings. The van der Waals surface area contributed by atoms with Gasteiger partial charge in [0.05, 0.1) is 12.6 Å². The van der Waals surface area contributed by atoms with E-state index in [4.69, 9.17) is 4.74 Å². The molecular weight excluding hydrogens is 264 g/mol. The lowest BCUT2D eigenvalue weighted by atomic mass is 9.82. The zero-order valence-corrected chi connectivity index (χ0v) is 12.3. The molecule has 4 nitrogen and oxygen atoms in total. The molecule has 0 bridgehead atoms. The van der Waals surface area contributed by atoms with E-state index in [9.17, 15) is 4.79 Å². The molecule has 3 rings (SSSR count). The first-order valence-electron chi connectivity index (χ1n) is 7.40. The quantitative estimate of drug-likeness (QED) is 0.810. The van der Waals surface area contributed by atoms with Gasteiger partial charge in [-0.2, -0.15) is 5.10 Å². The van der Waals surface area contributed by atoms with E-state index < -0.39 is 5.54 Å². The van der Waals surface area contributed by atoms with Gasteiger partial charge in [-0.25, -0.2) is 4.79 Å². The predicted octanol–water partition coefficient (Wildman–Crippen LogP) is 3.51. The Morgan fingerprint density at radius 2 is 2.14 bits per heavy atom. The predicted molar refractivity (Wildman–Crippen MR) is 82.9 cm³/mol. The Labute approximate surface area is 124 Å². The fourth-order valence-corrected chi connectivity index (χ4v) is 3.23. The molecule has 0 N–H and O–H groups in total. The fraction of sp³-hybridized carbons (Fsp3) is 0.412. The molecule has 1 aromatic carbocycles. The van der Waals surface area contributed by atoms with Crippen molar-refractivity contribution in [3.8, 4) is 0 Å². The Hall–Kier alpha value is -2.10. The minimum Gasteiger partial charge on any atom is -0.467 e. The first-order valence-corrected chi connectivity index (χ1v) is 7.40. The van der Waals surface area contributed by atoms with Crippen LogP contribution in [0.2, 0.25) is 0 Å². The zero-order chi connectivity index (χ0) is 14.9. The number of esters is 1. The molecule has 1 aliphatic carbocycles. The van der Waals surface area contributed by atoms with Crippen molar-refractivity contribution < 1.29 is 9.53 Å². The van der Waals surface area contributed by atoms with E-state index in [-0.39, 0.29) is 5.97 Å². The van der Waals surface area contributed by atoms with E-state index in [1.807, 2.05) is 29.1 Å². The van der Waals surface area contributed by atoms with E-state index in [0.717, 1.165) is 42.1 Å². The minimum absolute atomic E-state index is 0.182. The summed E-state index contributed by atoms with van der Waals surface area (Å²) in [5.41, 5.74) is 1.28. The smallest absolute Gasteiger partial charge is 0.333 e. The van der Waals surface area contributed by atoms with Gasteiger partial charge in [-0.3, -0.25) is 4.68 Å². The van der Waals surface area contributed by atoms with Crippen molar-refractivity contribution in [3.63, 3.8) is 0 Å². The second kappa shape index (κ2) is 5.35. The number of benzene rings is 1. The highest BCUT2D eigenvalue weighted by atomic mass is 16.5. The summed E-state index contributed by atoms with van der Waals surface area (Å²) in [4.78, 5) is 12.4. The van der Waals surface area contributed by atoms with Gasteiger partial charge in [-0.05, 0) is 24.5 Å². The highest BCUT2D eigenvalue weighted by molar-refractivity contribution is 5.83. The first-order chi connectivity index (χ1) is 10.2. The summed E-state index contributed by atoms with van der Waals surface area (Å²) in [5, 5.41) is 5.69. The number of carbonyl (C=O) groups excluding carboxylic acids is 1. The number of nitrogens with zero attached hydrogens (tertiary/aromatic N) is 2. The van der Waals surface area contributed by atoms with Gasteiger partial charge in [0, 0.05) is 11.6 Å². The summed E-state index contributed by atoms with van der Waals surface area (Å²) in [6, 6.07) is 6.02. The minimum atomic E-state index is -0.639. The monoisotopic (exact) mass is 284 g/mol. The maximum atomic E-state index is 12.4. The largest absolute Gasteiger partial charge is 0.467 e. The molecule has 110 valence electrons. The molecule has 0 amide bonds. The van der Waals surface area contributed by atoms with Crippen LogP contribution in [0, 0.1) is 0 Å². The van der Waals surface area contributed by atoms with Crippen molar-refractivity contribution in [2.75, 3.05) is 7.11 Å². The molecule has 1 aromatic heterocycles. The summed E-state index contributed by atoms with van der Waals surface area (Å²) in [7, 11) is 1.46. The third kappa shape index (κ3) is 2.24. The van der Waals surface area contributed by atoms with Crippen molar-refractivity contribution in [1.29, 1.82) is 0 Å². The highest BCUT2D eigenvalue weighted by Crippen LogP contribution is 2.36. The van der Waals surface area contributed by atoms with Gasteiger partial charge in [0.1, 0.15) is 0 Å². The topological polar surface area (TPSA) is 44.1 Å². The van der Waals surface area contributed by atoms with Crippen LogP contribution in [0.4, 0.5) is 0 Å². The summed E-state index contributed by atoms with van der Waals surface area (Å²) in [6.45, 7) is 3.78. The molecule has 1 saturated carbocycles. The van der Waals surface area contributed by atoms with Crippen molar-refractivity contribution in [1.82, 2.24) is 9.78 Å². The van der Waals surface area contributed by atoms with Gasteiger partial charge >= 0.3 is 5.97 Å². The summed E-state index contributed by atoms with van der Waals surface area (Å²) in [6.07, 6.45) is 8.58.